The van der Waals surface area contributed by atoms with Gasteiger partial charge in [0.25, 0.3) is 0 Å². The number of aromatic nitrogens is 2. The van der Waals surface area contributed by atoms with E-state index < -0.39 is 0 Å². The molecule has 0 aliphatic heterocycles. The van der Waals surface area contributed by atoms with Crippen molar-refractivity contribution < 1.29 is 9.32 Å². The number of hydrogen-bond donors (Lipinski definition) is 1. The first kappa shape index (κ1) is 16.2. The summed E-state index contributed by atoms with van der Waals surface area (Å²) in [6.45, 7) is 8.65. The molecule has 118 valence electrons. The highest BCUT2D eigenvalue weighted by Gasteiger charge is 2.21. The SMILES string of the molecule is Cc1ccc(CNC(=O)CCc2nc(C(C)(C)C)no2)cc1. The van der Waals surface area contributed by atoms with Gasteiger partial charge < -0.3 is 9.84 Å². The van der Waals surface area contributed by atoms with E-state index in [1.165, 1.54) is 5.56 Å². The lowest BCUT2D eigenvalue weighted by molar-refractivity contribution is -0.121. The number of carbonyl (C=O) groups excluding carboxylic acids is 1. The monoisotopic (exact) mass is 301 g/mol. The maximum Gasteiger partial charge on any atom is 0.227 e. The average Bonchev–Trinajstić information content (AvgIpc) is 2.93. The first-order chi connectivity index (χ1) is 10.3. The third-order valence-electron chi connectivity index (χ3n) is 3.32. The molecule has 0 unspecified atom stereocenters. The molecule has 1 aromatic heterocycles. The Kier molecular flexibility index (Phi) is 4.96. The Hall–Kier alpha value is -2.17. The summed E-state index contributed by atoms with van der Waals surface area (Å²) in [4.78, 5) is 16.2. The van der Waals surface area contributed by atoms with Crippen LogP contribution in [-0.2, 0) is 23.2 Å². The van der Waals surface area contributed by atoms with Crippen LogP contribution >= 0.6 is 0 Å². The van der Waals surface area contributed by atoms with Crippen molar-refractivity contribution in [3.63, 3.8) is 0 Å². The van der Waals surface area contributed by atoms with Crippen molar-refractivity contribution in [2.24, 2.45) is 0 Å². The maximum atomic E-state index is 11.9. The van der Waals surface area contributed by atoms with Crippen molar-refractivity contribution in [3.05, 3.63) is 47.1 Å². The first-order valence-electron chi connectivity index (χ1n) is 7.50. The lowest BCUT2D eigenvalue weighted by atomic mass is 9.96. The highest BCUT2D eigenvalue weighted by atomic mass is 16.5. The van der Waals surface area contributed by atoms with E-state index in [4.69, 9.17) is 4.52 Å². The Labute approximate surface area is 131 Å². The van der Waals surface area contributed by atoms with Crippen LogP contribution in [0.4, 0.5) is 0 Å². The summed E-state index contributed by atoms with van der Waals surface area (Å²) in [5, 5.41) is 6.85. The van der Waals surface area contributed by atoms with E-state index in [0.29, 0.717) is 31.1 Å². The summed E-state index contributed by atoms with van der Waals surface area (Å²) in [5.41, 5.74) is 2.16. The number of aryl methyl sites for hydroxylation is 2. The van der Waals surface area contributed by atoms with Crippen molar-refractivity contribution in [3.8, 4) is 0 Å². The minimum absolute atomic E-state index is 0.0175. The van der Waals surface area contributed by atoms with Crippen molar-refractivity contribution in [1.29, 1.82) is 0 Å². The normalized spacial score (nSPS) is 11.5. The van der Waals surface area contributed by atoms with Gasteiger partial charge in [0.15, 0.2) is 5.82 Å². The second-order valence-corrected chi connectivity index (χ2v) is 6.52. The van der Waals surface area contributed by atoms with Crippen molar-refractivity contribution in [2.45, 2.75) is 52.5 Å². The van der Waals surface area contributed by atoms with Gasteiger partial charge in [-0.2, -0.15) is 4.98 Å². The lowest BCUT2D eigenvalue weighted by Gasteiger charge is -2.10. The number of hydrogen-bond acceptors (Lipinski definition) is 4. The van der Waals surface area contributed by atoms with Gasteiger partial charge in [0.2, 0.25) is 11.8 Å². The Balaban J connectivity index is 1.78. The zero-order chi connectivity index (χ0) is 16.2. The summed E-state index contributed by atoms with van der Waals surface area (Å²) in [6, 6.07) is 8.11. The van der Waals surface area contributed by atoms with Crippen LogP contribution in [0, 0.1) is 6.92 Å². The molecule has 1 heterocycles. The molecule has 0 spiro atoms. The van der Waals surface area contributed by atoms with Crippen LogP contribution in [0.5, 0.6) is 0 Å². The van der Waals surface area contributed by atoms with Crippen molar-refractivity contribution >= 4 is 5.91 Å². The second-order valence-electron chi connectivity index (χ2n) is 6.52. The molecule has 1 aromatic carbocycles. The third kappa shape index (κ3) is 4.69. The van der Waals surface area contributed by atoms with Crippen molar-refractivity contribution in [1.82, 2.24) is 15.5 Å². The first-order valence-corrected chi connectivity index (χ1v) is 7.50. The van der Waals surface area contributed by atoms with Gasteiger partial charge in [-0.25, -0.2) is 0 Å². The molecule has 0 radical (unpaired) electrons. The molecule has 0 aliphatic rings. The Morgan fingerprint density at radius 3 is 2.50 bits per heavy atom. The fourth-order valence-corrected chi connectivity index (χ4v) is 1.88. The molecule has 1 N–H and O–H groups in total. The summed E-state index contributed by atoms with van der Waals surface area (Å²) in [7, 11) is 0. The molecule has 5 heteroatoms. The standard InChI is InChI=1S/C17H23N3O2/c1-12-5-7-13(8-6-12)11-18-14(21)9-10-15-19-16(20-22-15)17(2,3)4/h5-8H,9-11H2,1-4H3,(H,18,21). The molecule has 0 atom stereocenters. The molecule has 0 bridgehead atoms. The fraction of sp³-hybridized carbons (Fsp3) is 0.471. The van der Waals surface area contributed by atoms with Gasteiger partial charge in [-0.3, -0.25) is 4.79 Å². The number of nitrogens with zero attached hydrogens (tertiary/aromatic N) is 2. The number of nitrogens with one attached hydrogen (secondary N) is 1. The van der Waals surface area contributed by atoms with Crippen LogP contribution in [0.3, 0.4) is 0 Å². The Morgan fingerprint density at radius 1 is 1.23 bits per heavy atom. The van der Waals surface area contributed by atoms with Crippen LogP contribution in [0.15, 0.2) is 28.8 Å². The summed E-state index contributed by atoms with van der Waals surface area (Å²) < 4.78 is 5.18. The van der Waals surface area contributed by atoms with Crippen LogP contribution in [0.25, 0.3) is 0 Å². The van der Waals surface area contributed by atoms with Gasteiger partial charge in [0.1, 0.15) is 0 Å². The summed E-state index contributed by atoms with van der Waals surface area (Å²) >= 11 is 0. The second kappa shape index (κ2) is 6.73. The minimum atomic E-state index is -0.143. The largest absolute Gasteiger partial charge is 0.352 e. The number of carbonyl (C=O) groups is 1. The maximum absolute atomic E-state index is 11.9. The van der Waals surface area contributed by atoms with E-state index in [1.54, 1.807) is 0 Å². The van der Waals surface area contributed by atoms with Gasteiger partial charge in [-0.05, 0) is 12.5 Å². The van der Waals surface area contributed by atoms with E-state index in [-0.39, 0.29) is 11.3 Å². The molecule has 0 saturated carbocycles. The Bertz CT molecular complexity index is 624. The molecule has 0 fully saturated rings. The fourth-order valence-electron chi connectivity index (χ4n) is 1.88. The smallest absolute Gasteiger partial charge is 0.227 e. The molecule has 0 saturated heterocycles. The van der Waals surface area contributed by atoms with Crippen LogP contribution in [0.2, 0.25) is 0 Å². The zero-order valence-electron chi connectivity index (χ0n) is 13.6. The van der Waals surface area contributed by atoms with Gasteiger partial charge in [-0.15, -0.1) is 0 Å². The minimum Gasteiger partial charge on any atom is -0.352 e. The molecule has 0 aliphatic carbocycles. The van der Waals surface area contributed by atoms with Gasteiger partial charge in [0, 0.05) is 24.8 Å². The Morgan fingerprint density at radius 2 is 1.91 bits per heavy atom. The molecule has 2 rings (SSSR count). The van der Waals surface area contributed by atoms with Gasteiger partial charge in [0.05, 0.1) is 0 Å². The zero-order valence-corrected chi connectivity index (χ0v) is 13.6. The third-order valence-corrected chi connectivity index (χ3v) is 3.32. The van der Waals surface area contributed by atoms with E-state index in [9.17, 15) is 4.79 Å². The lowest BCUT2D eigenvalue weighted by Crippen LogP contribution is -2.23. The molecule has 2 aromatic rings. The quantitative estimate of drug-likeness (QED) is 0.922. The van der Waals surface area contributed by atoms with Crippen LogP contribution < -0.4 is 5.32 Å². The highest BCUT2D eigenvalue weighted by Crippen LogP contribution is 2.18. The van der Waals surface area contributed by atoms with E-state index in [1.807, 2.05) is 52.0 Å². The summed E-state index contributed by atoms with van der Waals surface area (Å²) in [5.74, 6) is 1.16. The highest BCUT2D eigenvalue weighted by molar-refractivity contribution is 5.76. The average molecular weight is 301 g/mol. The molecule has 1 amide bonds. The number of benzene rings is 1. The van der Waals surface area contributed by atoms with Gasteiger partial charge in [-0.1, -0.05) is 55.8 Å². The van der Waals surface area contributed by atoms with Crippen LogP contribution in [-0.4, -0.2) is 16.0 Å². The van der Waals surface area contributed by atoms with Crippen molar-refractivity contribution in [2.75, 3.05) is 0 Å². The molecule has 5 nitrogen and oxygen atoms in total. The predicted octanol–water partition coefficient (Wildman–Crippen LogP) is 2.92. The topological polar surface area (TPSA) is 68.0 Å². The predicted molar refractivity (Wildman–Crippen MR) is 84.3 cm³/mol. The van der Waals surface area contributed by atoms with Crippen LogP contribution in [0.1, 0.15) is 50.0 Å². The van der Waals surface area contributed by atoms with E-state index >= 15 is 0 Å². The van der Waals surface area contributed by atoms with E-state index in [2.05, 4.69) is 15.5 Å². The molecular weight excluding hydrogens is 278 g/mol. The summed E-state index contributed by atoms with van der Waals surface area (Å²) in [6.07, 6.45) is 0.806. The molecule has 22 heavy (non-hydrogen) atoms. The number of rotatable bonds is 5. The number of amides is 1. The van der Waals surface area contributed by atoms with E-state index in [0.717, 1.165) is 5.56 Å². The molecular formula is C17H23N3O2. The van der Waals surface area contributed by atoms with Gasteiger partial charge >= 0.3 is 0 Å².